The van der Waals surface area contributed by atoms with Crippen LogP contribution in [0.4, 0.5) is 0 Å². The summed E-state index contributed by atoms with van der Waals surface area (Å²) in [6.07, 6.45) is 1.50. The summed E-state index contributed by atoms with van der Waals surface area (Å²) in [6.45, 7) is 13.3. The maximum atomic E-state index is 4.74. The van der Waals surface area contributed by atoms with Crippen molar-refractivity contribution in [3.63, 3.8) is 0 Å². The largest absolute Gasteiger partial charge is 0.323 e. The van der Waals surface area contributed by atoms with Gasteiger partial charge in [-0.05, 0) is 12.5 Å². The summed E-state index contributed by atoms with van der Waals surface area (Å²) in [5, 5.41) is 3.21. The Kier molecular flexibility index (Phi) is 38.8. The minimum absolute atomic E-state index is 0.873. The van der Waals surface area contributed by atoms with E-state index in [9.17, 15) is 0 Å². The van der Waals surface area contributed by atoms with E-state index in [0.29, 0.717) is 0 Å². The molecule has 62 valence electrons. The van der Waals surface area contributed by atoms with Gasteiger partial charge in [0.2, 0.25) is 0 Å². The van der Waals surface area contributed by atoms with Crippen LogP contribution in [0.2, 0.25) is 0 Å². The van der Waals surface area contributed by atoms with Gasteiger partial charge < -0.3 is 5.84 Å². The molecular weight excluding hydrogens is 124 g/mol. The van der Waals surface area contributed by atoms with E-state index in [0.717, 1.165) is 5.57 Å². The van der Waals surface area contributed by atoms with E-state index in [4.69, 9.17) is 5.84 Å². The normalized spacial score (nSPS) is 6.90. The fourth-order valence-electron chi connectivity index (χ4n) is 0.127. The highest BCUT2D eigenvalue weighted by molar-refractivity contribution is 5.76. The highest BCUT2D eigenvalue weighted by Gasteiger charge is 1.65. The van der Waals surface area contributed by atoms with Gasteiger partial charge in [0.05, 0.1) is 0 Å². The van der Waals surface area contributed by atoms with E-state index >= 15 is 0 Å². The number of rotatable bonds is 1. The van der Waals surface area contributed by atoms with Gasteiger partial charge in [0.15, 0.2) is 0 Å². The second-order valence-corrected chi connectivity index (χ2v) is 1.12. The highest BCUT2D eigenvalue weighted by atomic mass is 15.1. The lowest BCUT2D eigenvalue weighted by atomic mass is 10.4. The van der Waals surface area contributed by atoms with Gasteiger partial charge in [-0.2, -0.15) is 5.10 Å². The minimum Gasteiger partial charge on any atom is -0.323 e. The molecule has 2 N–H and O–H groups in total. The molecule has 0 amide bonds. The van der Waals surface area contributed by atoms with Crippen LogP contribution >= 0.6 is 0 Å². The molecule has 0 atom stereocenters. The number of hydrogen-bond acceptors (Lipinski definition) is 2. The summed E-state index contributed by atoms with van der Waals surface area (Å²) in [5.74, 6) is 4.74. The maximum Gasteiger partial charge on any atom is 0.0488 e. The van der Waals surface area contributed by atoms with Crippen molar-refractivity contribution in [1.29, 1.82) is 0 Å². The van der Waals surface area contributed by atoms with Gasteiger partial charge in [0, 0.05) is 6.21 Å². The smallest absolute Gasteiger partial charge is 0.0488 e. The summed E-state index contributed by atoms with van der Waals surface area (Å²) in [6, 6.07) is 0. The van der Waals surface area contributed by atoms with Gasteiger partial charge in [-0.15, -0.1) is 0 Å². The van der Waals surface area contributed by atoms with Gasteiger partial charge >= 0.3 is 0 Å². The number of allylic oxidation sites excluding steroid dienone is 1. The molecule has 0 aromatic heterocycles. The van der Waals surface area contributed by atoms with E-state index in [1.54, 1.807) is 0 Å². The van der Waals surface area contributed by atoms with E-state index < -0.39 is 0 Å². The Balaban J connectivity index is -0.000000105. The predicted octanol–water partition coefficient (Wildman–Crippen LogP) is 2.56. The van der Waals surface area contributed by atoms with E-state index in [2.05, 4.69) is 11.7 Å². The molecular formula is C8H20N2. The molecule has 10 heavy (non-hydrogen) atoms. The number of nitrogens with two attached hydrogens (primary N) is 1. The van der Waals surface area contributed by atoms with Gasteiger partial charge in [0.25, 0.3) is 0 Å². The standard InChI is InChI=1S/C4H8N2.2C2H6/c1-4(2)3-6-5;2*1-2/h3H,1,5H2,2H3;2*1-2H3/b6-3-;;. The summed E-state index contributed by atoms with van der Waals surface area (Å²) < 4.78 is 0. The van der Waals surface area contributed by atoms with Crippen LogP contribution in [0.1, 0.15) is 34.6 Å². The van der Waals surface area contributed by atoms with Gasteiger partial charge in [0.1, 0.15) is 0 Å². The number of nitrogens with zero attached hydrogens (tertiary/aromatic N) is 1. The minimum atomic E-state index is 0.873. The van der Waals surface area contributed by atoms with Crippen LogP contribution in [0.25, 0.3) is 0 Å². The molecule has 0 aliphatic rings. The van der Waals surface area contributed by atoms with E-state index in [1.807, 2.05) is 34.6 Å². The molecule has 0 aromatic rings. The van der Waals surface area contributed by atoms with Crippen molar-refractivity contribution >= 4 is 6.21 Å². The van der Waals surface area contributed by atoms with Gasteiger partial charge in [-0.25, -0.2) is 0 Å². The number of hydrogen-bond donors (Lipinski definition) is 1. The lowest BCUT2D eigenvalue weighted by Gasteiger charge is -1.75. The van der Waals surface area contributed by atoms with Crippen LogP contribution in [0.5, 0.6) is 0 Å². The average Bonchev–Trinajstić information content (AvgIpc) is 1.96. The Morgan fingerprint density at radius 3 is 1.60 bits per heavy atom. The molecule has 0 heterocycles. The van der Waals surface area contributed by atoms with Gasteiger partial charge in [-0.1, -0.05) is 34.3 Å². The van der Waals surface area contributed by atoms with Crippen LogP contribution < -0.4 is 5.84 Å². The monoisotopic (exact) mass is 144 g/mol. The molecule has 0 saturated heterocycles. The summed E-state index contributed by atoms with van der Waals surface area (Å²) >= 11 is 0. The molecule has 0 aromatic carbocycles. The molecule has 0 spiro atoms. The molecule has 0 bridgehead atoms. The second-order valence-electron chi connectivity index (χ2n) is 1.12. The van der Waals surface area contributed by atoms with E-state index in [-0.39, 0.29) is 0 Å². The lowest BCUT2D eigenvalue weighted by Crippen LogP contribution is -1.81. The summed E-state index contributed by atoms with van der Waals surface area (Å²) in [7, 11) is 0. The first kappa shape index (κ1) is 16.1. The first-order valence-electron chi connectivity index (χ1n) is 3.66. The first-order valence-corrected chi connectivity index (χ1v) is 3.66. The Bertz CT molecular complexity index is 75.3. The number of hydrazone groups is 1. The highest BCUT2D eigenvalue weighted by Crippen LogP contribution is 1.73. The molecule has 0 aliphatic carbocycles. The molecule has 0 radical (unpaired) electrons. The van der Waals surface area contributed by atoms with Crippen molar-refractivity contribution in [2.45, 2.75) is 34.6 Å². The van der Waals surface area contributed by atoms with Crippen LogP contribution in [-0.4, -0.2) is 6.21 Å². The molecule has 2 heteroatoms. The average molecular weight is 144 g/mol. The Morgan fingerprint density at radius 1 is 1.30 bits per heavy atom. The third-order valence-electron chi connectivity index (χ3n) is 0.295. The lowest BCUT2D eigenvalue weighted by molar-refractivity contribution is 1.26. The van der Waals surface area contributed by atoms with Gasteiger partial charge in [-0.3, -0.25) is 0 Å². The predicted molar refractivity (Wildman–Crippen MR) is 50.2 cm³/mol. The van der Waals surface area contributed by atoms with Crippen LogP contribution in [0.3, 0.4) is 0 Å². The van der Waals surface area contributed by atoms with Crippen LogP contribution in [0, 0.1) is 0 Å². The van der Waals surface area contributed by atoms with Crippen molar-refractivity contribution in [3.8, 4) is 0 Å². The van der Waals surface area contributed by atoms with Crippen molar-refractivity contribution in [3.05, 3.63) is 12.2 Å². The topological polar surface area (TPSA) is 38.4 Å². The van der Waals surface area contributed by atoms with Crippen LogP contribution in [0.15, 0.2) is 17.3 Å². The zero-order valence-corrected chi connectivity index (χ0v) is 7.81. The Labute approximate surface area is 64.8 Å². The second kappa shape index (κ2) is 24.1. The summed E-state index contributed by atoms with van der Waals surface area (Å²) in [4.78, 5) is 0. The van der Waals surface area contributed by atoms with E-state index in [1.165, 1.54) is 6.21 Å². The van der Waals surface area contributed by atoms with Crippen molar-refractivity contribution in [2.24, 2.45) is 10.9 Å². The fraction of sp³-hybridized carbons (Fsp3) is 0.625. The zero-order valence-electron chi connectivity index (χ0n) is 7.81. The molecule has 0 fully saturated rings. The van der Waals surface area contributed by atoms with Crippen molar-refractivity contribution in [1.82, 2.24) is 0 Å². The third-order valence-corrected chi connectivity index (χ3v) is 0.295. The molecule has 0 aliphatic heterocycles. The Morgan fingerprint density at radius 2 is 1.60 bits per heavy atom. The SMILES string of the molecule is C=C(C)/C=N\N.CC.CC. The first-order chi connectivity index (χ1) is 4.77. The maximum absolute atomic E-state index is 4.74. The van der Waals surface area contributed by atoms with Crippen molar-refractivity contribution in [2.75, 3.05) is 0 Å². The molecule has 0 unspecified atom stereocenters. The zero-order chi connectivity index (χ0) is 8.99. The molecule has 0 rings (SSSR count). The molecule has 2 nitrogen and oxygen atoms in total. The molecule has 0 saturated carbocycles. The quantitative estimate of drug-likeness (QED) is 0.343. The van der Waals surface area contributed by atoms with Crippen LogP contribution in [-0.2, 0) is 0 Å². The third kappa shape index (κ3) is 56.9. The Hall–Kier alpha value is -0.790. The fourth-order valence-corrected chi connectivity index (χ4v) is 0.127. The van der Waals surface area contributed by atoms with Crippen molar-refractivity contribution < 1.29 is 0 Å². The summed E-state index contributed by atoms with van der Waals surface area (Å²) in [5.41, 5.74) is 0.873.